The van der Waals surface area contributed by atoms with Crippen molar-refractivity contribution in [2.45, 2.75) is 45.3 Å². The SMILES string of the molecule is CC(C)(C)OC(=O)OCC1CCC[N+]1(C)C. The molecule has 1 atom stereocenters. The third-order valence-electron chi connectivity index (χ3n) is 3.04. The van der Waals surface area contributed by atoms with E-state index < -0.39 is 11.8 Å². The Morgan fingerprint density at radius 1 is 1.38 bits per heavy atom. The molecule has 94 valence electrons. The maximum Gasteiger partial charge on any atom is 0.509 e. The molecule has 0 aromatic heterocycles. The van der Waals surface area contributed by atoms with Gasteiger partial charge in [0, 0.05) is 12.8 Å². The fourth-order valence-corrected chi connectivity index (χ4v) is 2.00. The van der Waals surface area contributed by atoms with Gasteiger partial charge in [-0.15, -0.1) is 0 Å². The first-order valence-corrected chi connectivity index (χ1v) is 5.89. The molecule has 1 aliphatic heterocycles. The summed E-state index contributed by atoms with van der Waals surface area (Å²) in [5, 5.41) is 0. The number of hydrogen-bond acceptors (Lipinski definition) is 3. The number of carbonyl (C=O) groups is 1. The van der Waals surface area contributed by atoms with E-state index in [1.165, 1.54) is 6.42 Å². The zero-order chi connectivity index (χ0) is 12.4. The predicted molar refractivity (Wildman–Crippen MR) is 62.2 cm³/mol. The van der Waals surface area contributed by atoms with Crippen molar-refractivity contribution >= 4 is 6.16 Å². The van der Waals surface area contributed by atoms with Crippen LogP contribution in [0.1, 0.15) is 33.6 Å². The zero-order valence-electron chi connectivity index (χ0n) is 11.1. The van der Waals surface area contributed by atoms with Crippen LogP contribution in [0.2, 0.25) is 0 Å². The number of carbonyl (C=O) groups excluding carboxylic acids is 1. The molecule has 0 aromatic carbocycles. The van der Waals surface area contributed by atoms with Crippen LogP contribution in [0.3, 0.4) is 0 Å². The number of rotatable bonds is 2. The summed E-state index contributed by atoms with van der Waals surface area (Å²) in [7, 11) is 4.35. The average Bonchev–Trinajstić information content (AvgIpc) is 2.38. The highest BCUT2D eigenvalue weighted by molar-refractivity contribution is 5.60. The lowest BCUT2D eigenvalue weighted by molar-refractivity contribution is -0.902. The van der Waals surface area contributed by atoms with Crippen LogP contribution >= 0.6 is 0 Å². The lowest BCUT2D eigenvalue weighted by atomic mass is 10.2. The van der Waals surface area contributed by atoms with Gasteiger partial charge in [-0.05, 0) is 20.8 Å². The van der Waals surface area contributed by atoms with E-state index in [1.807, 2.05) is 20.8 Å². The van der Waals surface area contributed by atoms with Gasteiger partial charge in [-0.2, -0.15) is 0 Å². The van der Waals surface area contributed by atoms with E-state index in [0.29, 0.717) is 12.6 Å². The second-order valence-corrected chi connectivity index (χ2v) is 6.07. The minimum Gasteiger partial charge on any atom is -0.429 e. The first kappa shape index (κ1) is 13.3. The van der Waals surface area contributed by atoms with E-state index >= 15 is 0 Å². The van der Waals surface area contributed by atoms with Crippen molar-refractivity contribution in [3.63, 3.8) is 0 Å². The van der Waals surface area contributed by atoms with Crippen LogP contribution in [0.4, 0.5) is 4.79 Å². The van der Waals surface area contributed by atoms with Crippen LogP contribution in [0.25, 0.3) is 0 Å². The molecule has 0 aromatic rings. The van der Waals surface area contributed by atoms with Crippen molar-refractivity contribution < 1.29 is 18.8 Å². The number of nitrogens with zero attached hydrogens (tertiary/aromatic N) is 1. The van der Waals surface area contributed by atoms with Crippen molar-refractivity contribution in [3.05, 3.63) is 0 Å². The summed E-state index contributed by atoms with van der Waals surface area (Å²) in [5.74, 6) is 0. The number of likely N-dealkylation sites (N-methyl/N-ethyl adjacent to an activating group) is 1. The highest BCUT2D eigenvalue weighted by Gasteiger charge is 2.35. The van der Waals surface area contributed by atoms with Crippen LogP contribution in [0.15, 0.2) is 0 Å². The Morgan fingerprint density at radius 2 is 2.00 bits per heavy atom. The fraction of sp³-hybridized carbons (Fsp3) is 0.917. The third kappa shape index (κ3) is 4.00. The molecule has 0 amide bonds. The van der Waals surface area contributed by atoms with E-state index in [0.717, 1.165) is 17.4 Å². The van der Waals surface area contributed by atoms with Gasteiger partial charge in [0.05, 0.1) is 20.6 Å². The first-order chi connectivity index (χ1) is 7.21. The molecule has 0 spiro atoms. The van der Waals surface area contributed by atoms with Crippen LogP contribution in [-0.2, 0) is 9.47 Å². The Hall–Kier alpha value is -0.770. The van der Waals surface area contributed by atoms with Crippen LogP contribution in [0.5, 0.6) is 0 Å². The molecule has 1 aliphatic rings. The van der Waals surface area contributed by atoms with E-state index in [4.69, 9.17) is 9.47 Å². The molecule has 4 heteroatoms. The topological polar surface area (TPSA) is 35.5 Å². The Morgan fingerprint density at radius 3 is 2.44 bits per heavy atom. The summed E-state index contributed by atoms with van der Waals surface area (Å²) < 4.78 is 11.2. The molecule has 0 saturated carbocycles. The number of quaternary nitrogens is 1. The van der Waals surface area contributed by atoms with E-state index in [9.17, 15) is 4.79 Å². The lowest BCUT2D eigenvalue weighted by Crippen LogP contribution is -2.46. The molecule has 1 rings (SSSR count). The summed E-state index contributed by atoms with van der Waals surface area (Å²) in [4.78, 5) is 11.4. The van der Waals surface area contributed by atoms with Gasteiger partial charge in [-0.25, -0.2) is 4.79 Å². The Labute approximate surface area is 98.1 Å². The minimum atomic E-state index is -0.556. The molecule has 4 nitrogen and oxygen atoms in total. The van der Waals surface area contributed by atoms with E-state index in [-0.39, 0.29) is 0 Å². The molecule has 1 heterocycles. The van der Waals surface area contributed by atoms with Crippen molar-refractivity contribution in [1.29, 1.82) is 0 Å². The summed E-state index contributed by atoms with van der Waals surface area (Å²) in [6.45, 7) is 7.13. The van der Waals surface area contributed by atoms with Crippen LogP contribution < -0.4 is 0 Å². The molecule has 0 radical (unpaired) electrons. The first-order valence-electron chi connectivity index (χ1n) is 5.89. The van der Waals surface area contributed by atoms with Gasteiger partial charge in [0.15, 0.2) is 0 Å². The average molecular weight is 230 g/mol. The number of ether oxygens (including phenoxy) is 2. The standard InChI is InChI=1S/C12H24NO3/c1-12(2,3)16-11(14)15-9-10-7-6-8-13(10,4)5/h10H,6-9H2,1-5H3/q+1. The summed E-state index contributed by atoms with van der Waals surface area (Å²) in [6.07, 6.45) is 1.77. The van der Waals surface area contributed by atoms with E-state index in [1.54, 1.807) is 0 Å². The second-order valence-electron chi connectivity index (χ2n) is 6.07. The highest BCUT2D eigenvalue weighted by Crippen LogP contribution is 2.22. The molecule has 1 unspecified atom stereocenters. The van der Waals surface area contributed by atoms with Crippen LogP contribution in [-0.4, -0.2) is 49.5 Å². The van der Waals surface area contributed by atoms with Gasteiger partial charge in [0.1, 0.15) is 18.2 Å². The fourth-order valence-electron chi connectivity index (χ4n) is 2.00. The smallest absolute Gasteiger partial charge is 0.429 e. The molecule has 1 saturated heterocycles. The molecule has 0 N–H and O–H groups in total. The number of likely N-dealkylation sites (tertiary alicyclic amines) is 1. The van der Waals surface area contributed by atoms with Gasteiger partial charge in [0.2, 0.25) is 0 Å². The van der Waals surface area contributed by atoms with Gasteiger partial charge in [-0.3, -0.25) is 0 Å². The van der Waals surface area contributed by atoms with Crippen LogP contribution in [0, 0.1) is 0 Å². The summed E-state index contributed by atoms with van der Waals surface area (Å²) >= 11 is 0. The normalized spacial score (nSPS) is 24.2. The second kappa shape index (κ2) is 4.62. The van der Waals surface area contributed by atoms with E-state index in [2.05, 4.69) is 14.1 Å². The van der Waals surface area contributed by atoms with Gasteiger partial charge in [0.25, 0.3) is 0 Å². The quantitative estimate of drug-likeness (QED) is 0.539. The molecule has 0 aliphatic carbocycles. The largest absolute Gasteiger partial charge is 0.509 e. The predicted octanol–water partition coefficient (Wildman–Crippen LogP) is 2.18. The molecule has 1 fully saturated rings. The van der Waals surface area contributed by atoms with Gasteiger partial charge >= 0.3 is 6.16 Å². The van der Waals surface area contributed by atoms with Crippen molar-refractivity contribution in [2.24, 2.45) is 0 Å². The monoisotopic (exact) mass is 230 g/mol. The molecular formula is C12H24NO3+. The third-order valence-corrected chi connectivity index (χ3v) is 3.04. The van der Waals surface area contributed by atoms with Crippen molar-refractivity contribution in [1.82, 2.24) is 0 Å². The Kier molecular flexibility index (Phi) is 3.84. The molecule has 0 bridgehead atoms. The number of hydrogen-bond donors (Lipinski definition) is 0. The Bertz CT molecular complexity index is 255. The summed E-state index contributed by atoms with van der Waals surface area (Å²) in [6, 6.07) is 0.410. The van der Waals surface area contributed by atoms with Gasteiger partial charge < -0.3 is 14.0 Å². The zero-order valence-corrected chi connectivity index (χ0v) is 11.1. The van der Waals surface area contributed by atoms with Crippen molar-refractivity contribution in [3.8, 4) is 0 Å². The molecule has 16 heavy (non-hydrogen) atoms. The maximum atomic E-state index is 11.4. The highest BCUT2D eigenvalue weighted by atomic mass is 16.7. The van der Waals surface area contributed by atoms with Crippen molar-refractivity contribution in [2.75, 3.05) is 27.2 Å². The minimum absolute atomic E-state index is 0.410. The Balaban J connectivity index is 2.32. The summed E-state index contributed by atoms with van der Waals surface area (Å²) in [5.41, 5.74) is -0.475. The molecular weight excluding hydrogens is 206 g/mol. The van der Waals surface area contributed by atoms with Gasteiger partial charge in [-0.1, -0.05) is 0 Å². The maximum absolute atomic E-state index is 11.4. The lowest BCUT2D eigenvalue weighted by Gasteiger charge is -2.31.